The quantitative estimate of drug-likeness (QED) is 0.570. The van der Waals surface area contributed by atoms with Crippen molar-refractivity contribution in [3.63, 3.8) is 0 Å². The lowest BCUT2D eigenvalue weighted by molar-refractivity contribution is -0.384. The van der Waals surface area contributed by atoms with Crippen molar-refractivity contribution in [2.75, 3.05) is 11.9 Å². The van der Waals surface area contributed by atoms with Gasteiger partial charge in [-0.25, -0.2) is 0 Å². The number of halogens is 4. The van der Waals surface area contributed by atoms with Crippen molar-refractivity contribution in [1.29, 1.82) is 0 Å². The SMILES string of the molecule is O=[N+]([O-])c1cc(Cc2ccc(Cl)cc2)ccc1NCCC(F)(F)F. The number of nitrogens with one attached hydrogen (secondary N) is 1. The molecule has 0 aliphatic rings. The molecule has 0 unspecified atom stereocenters. The van der Waals surface area contributed by atoms with Gasteiger partial charge >= 0.3 is 6.18 Å². The number of anilines is 1. The Labute approximate surface area is 141 Å². The van der Waals surface area contributed by atoms with Crippen LogP contribution in [0.4, 0.5) is 24.5 Å². The minimum Gasteiger partial charge on any atom is -0.379 e. The highest BCUT2D eigenvalue weighted by molar-refractivity contribution is 6.30. The van der Waals surface area contributed by atoms with Crippen molar-refractivity contribution in [2.24, 2.45) is 0 Å². The highest BCUT2D eigenvalue weighted by Gasteiger charge is 2.26. The van der Waals surface area contributed by atoms with Crippen LogP contribution in [0, 0.1) is 10.1 Å². The van der Waals surface area contributed by atoms with Crippen molar-refractivity contribution in [3.8, 4) is 0 Å². The predicted molar refractivity (Wildman–Crippen MR) is 86.5 cm³/mol. The smallest absolute Gasteiger partial charge is 0.379 e. The molecular formula is C16H14ClF3N2O2. The van der Waals surface area contributed by atoms with E-state index in [2.05, 4.69) is 5.32 Å². The molecule has 0 saturated heterocycles. The Morgan fingerprint density at radius 1 is 1.08 bits per heavy atom. The van der Waals surface area contributed by atoms with Crippen LogP contribution in [0.25, 0.3) is 0 Å². The van der Waals surface area contributed by atoms with Crippen molar-refractivity contribution < 1.29 is 18.1 Å². The molecule has 8 heteroatoms. The van der Waals surface area contributed by atoms with Gasteiger partial charge in [-0.3, -0.25) is 10.1 Å². The minimum absolute atomic E-state index is 0.0732. The molecule has 24 heavy (non-hydrogen) atoms. The van der Waals surface area contributed by atoms with E-state index in [0.717, 1.165) is 5.56 Å². The van der Waals surface area contributed by atoms with Crippen LogP contribution in [-0.2, 0) is 6.42 Å². The summed E-state index contributed by atoms with van der Waals surface area (Å²) in [6.07, 6.45) is -4.91. The Morgan fingerprint density at radius 3 is 2.29 bits per heavy atom. The van der Waals surface area contributed by atoms with Crippen LogP contribution in [0.15, 0.2) is 42.5 Å². The summed E-state index contributed by atoms with van der Waals surface area (Å²) in [6.45, 7) is -0.416. The second kappa shape index (κ2) is 7.53. The van der Waals surface area contributed by atoms with Gasteiger partial charge in [-0.05, 0) is 35.7 Å². The number of hydrogen-bond acceptors (Lipinski definition) is 3. The number of nitro benzene ring substituents is 1. The largest absolute Gasteiger partial charge is 0.390 e. The van der Waals surface area contributed by atoms with Crippen LogP contribution >= 0.6 is 11.6 Å². The van der Waals surface area contributed by atoms with Crippen LogP contribution in [0.2, 0.25) is 5.02 Å². The Bertz CT molecular complexity index is 718. The van der Waals surface area contributed by atoms with Crippen LogP contribution in [0.5, 0.6) is 0 Å². The minimum atomic E-state index is -4.31. The fourth-order valence-corrected chi connectivity index (χ4v) is 2.29. The van der Waals surface area contributed by atoms with Crippen LogP contribution in [0.1, 0.15) is 17.5 Å². The third-order valence-electron chi connectivity index (χ3n) is 3.30. The highest BCUT2D eigenvalue weighted by atomic mass is 35.5. The summed E-state index contributed by atoms with van der Waals surface area (Å²) >= 11 is 5.81. The van der Waals surface area contributed by atoms with Gasteiger partial charge in [0.25, 0.3) is 5.69 Å². The zero-order valence-corrected chi connectivity index (χ0v) is 13.2. The summed E-state index contributed by atoms with van der Waals surface area (Å²) in [5, 5.41) is 14.2. The molecular weight excluding hydrogens is 345 g/mol. The first-order chi connectivity index (χ1) is 11.2. The van der Waals surface area contributed by atoms with E-state index >= 15 is 0 Å². The maximum absolute atomic E-state index is 12.2. The van der Waals surface area contributed by atoms with E-state index in [9.17, 15) is 23.3 Å². The van der Waals surface area contributed by atoms with E-state index in [1.165, 1.54) is 12.1 Å². The maximum Gasteiger partial charge on any atom is 0.390 e. The van der Waals surface area contributed by atoms with Gasteiger partial charge in [0.1, 0.15) is 5.69 Å². The average molecular weight is 359 g/mol. The Kier molecular flexibility index (Phi) is 5.66. The summed E-state index contributed by atoms with van der Waals surface area (Å²) in [6, 6.07) is 11.5. The number of alkyl halides is 3. The fourth-order valence-electron chi connectivity index (χ4n) is 2.16. The molecule has 2 rings (SSSR count). The van der Waals surface area contributed by atoms with Gasteiger partial charge in [0, 0.05) is 17.6 Å². The molecule has 0 bridgehead atoms. The van der Waals surface area contributed by atoms with Crippen LogP contribution < -0.4 is 5.32 Å². The van der Waals surface area contributed by atoms with Gasteiger partial charge < -0.3 is 5.32 Å². The number of benzene rings is 2. The van der Waals surface area contributed by atoms with Crippen molar-refractivity contribution in [1.82, 2.24) is 0 Å². The standard InChI is InChI=1S/C16H14ClF3N2O2/c17-13-4-1-11(2-5-13)9-12-3-6-14(15(10-12)22(23)24)21-8-7-16(18,19)20/h1-6,10,21H,7-9H2. The summed E-state index contributed by atoms with van der Waals surface area (Å²) < 4.78 is 36.5. The summed E-state index contributed by atoms with van der Waals surface area (Å²) in [7, 11) is 0. The molecule has 0 atom stereocenters. The van der Waals surface area contributed by atoms with Crippen LogP contribution in [0.3, 0.4) is 0 Å². The molecule has 0 fully saturated rings. The molecule has 0 aliphatic heterocycles. The molecule has 0 radical (unpaired) electrons. The maximum atomic E-state index is 12.2. The lowest BCUT2D eigenvalue weighted by Gasteiger charge is -2.10. The lowest BCUT2D eigenvalue weighted by atomic mass is 10.0. The topological polar surface area (TPSA) is 55.2 Å². The number of nitro groups is 1. The highest BCUT2D eigenvalue weighted by Crippen LogP contribution is 2.28. The normalized spacial score (nSPS) is 11.3. The van der Waals surface area contributed by atoms with Gasteiger partial charge in [-0.1, -0.05) is 29.8 Å². The molecule has 2 aromatic carbocycles. The van der Waals surface area contributed by atoms with Crippen molar-refractivity contribution in [2.45, 2.75) is 19.0 Å². The molecule has 0 spiro atoms. The molecule has 0 aromatic heterocycles. The first kappa shape index (κ1) is 18.1. The van der Waals surface area contributed by atoms with Crippen molar-refractivity contribution in [3.05, 3.63) is 68.7 Å². The molecule has 1 N–H and O–H groups in total. The lowest BCUT2D eigenvalue weighted by Crippen LogP contribution is -2.15. The third-order valence-corrected chi connectivity index (χ3v) is 3.56. The number of rotatable bonds is 6. The zero-order chi connectivity index (χ0) is 17.7. The Balaban J connectivity index is 2.13. The first-order valence-electron chi connectivity index (χ1n) is 7.07. The summed E-state index contributed by atoms with van der Waals surface area (Å²) in [5.41, 5.74) is 1.43. The van der Waals surface area contributed by atoms with Gasteiger partial charge in [-0.2, -0.15) is 13.2 Å². The molecule has 0 aliphatic carbocycles. The summed E-state index contributed by atoms with van der Waals surface area (Å²) in [5.74, 6) is 0. The second-order valence-corrected chi connectivity index (χ2v) is 5.64. The van der Waals surface area contributed by atoms with E-state index in [-0.39, 0.29) is 11.4 Å². The van der Waals surface area contributed by atoms with E-state index in [0.29, 0.717) is 17.0 Å². The van der Waals surface area contributed by atoms with E-state index < -0.39 is 24.1 Å². The number of nitrogens with zero attached hydrogens (tertiary/aromatic N) is 1. The summed E-state index contributed by atoms with van der Waals surface area (Å²) in [4.78, 5) is 10.5. The monoisotopic (exact) mass is 358 g/mol. The van der Waals surface area contributed by atoms with E-state index in [4.69, 9.17) is 11.6 Å². The molecule has 0 saturated carbocycles. The molecule has 0 amide bonds. The molecule has 2 aromatic rings. The number of hydrogen-bond donors (Lipinski definition) is 1. The fraction of sp³-hybridized carbons (Fsp3) is 0.250. The molecule has 0 heterocycles. The van der Waals surface area contributed by atoms with E-state index in [1.54, 1.807) is 18.2 Å². The van der Waals surface area contributed by atoms with Gasteiger partial charge in [0.05, 0.1) is 11.3 Å². The van der Waals surface area contributed by atoms with Gasteiger partial charge in [-0.15, -0.1) is 0 Å². The molecule has 128 valence electrons. The van der Waals surface area contributed by atoms with Gasteiger partial charge in [0.2, 0.25) is 0 Å². The predicted octanol–water partition coefficient (Wildman–Crippen LogP) is 5.20. The average Bonchev–Trinajstić information content (AvgIpc) is 2.49. The Hall–Kier alpha value is -2.28. The Morgan fingerprint density at radius 2 is 1.71 bits per heavy atom. The van der Waals surface area contributed by atoms with Gasteiger partial charge in [0.15, 0.2) is 0 Å². The van der Waals surface area contributed by atoms with E-state index in [1.807, 2.05) is 12.1 Å². The zero-order valence-electron chi connectivity index (χ0n) is 12.4. The van der Waals surface area contributed by atoms with Crippen molar-refractivity contribution >= 4 is 23.0 Å². The van der Waals surface area contributed by atoms with Crippen LogP contribution in [-0.4, -0.2) is 17.6 Å². The third kappa shape index (κ3) is 5.42. The molecule has 4 nitrogen and oxygen atoms in total. The second-order valence-electron chi connectivity index (χ2n) is 5.20. The first-order valence-corrected chi connectivity index (χ1v) is 7.45.